The summed E-state index contributed by atoms with van der Waals surface area (Å²) in [5, 5.41) is 6.96. The zero-order valence-electron chi connectivity index (χ0n) is 20.3. The average Bonchev–Trinajstić information content (AvgIpc) is 3.47. The third-order valence-corrected chi connectivity index (χ3v) is 5.59. The minimum absolute atomic E-state index is 0. The molecule has 2 N–H and O–H groups in total. The first-order chi connectivity index (χ1) is 15.0. The summed E-state index contributed by atoms with van der Waals surface area (Å²) in [4.78, 5) is 7.58. The van der Waals surface area contributed by atoms with E-state index in [1.54, 1.807) is 0 Å². The van der Waals surface area contributed by atoms with Gasteiger partial charge in [0.05, 0.1) is 6.10 Å². The van der Waals surface area contributed by atoms with Crippen molar-refractivity contribution in [2.24, 2.45) is 16.8 Å². The molecule has 0 spiro atoms. The van der Waals surface area contributed by atoms with Crippen LogP contribution in [0.2, 0.25) is 0 Å². The molecular formula is C25H43IN4O2. The maximum Gasteiger partial charge on any atom is 0.195 e. The van der Waals surface area contributed by atoms with Gasteiger partial charge in [0.15, 0.2) is 5.96 Å². The van der Waals surface area contributed by atoms with Crippen LogP contribution in [0.1, 0.15) is 53.4 Å². The molecule has 1 unspecified atom stereocenters. The van der Waals surface area contributed by atoms with Crippen LogP contribution in [0.25, 0.3) is 0 Å². The van der Waals surface area contributed by atoms with E-state index >= 15 is 0 Å². The fourth-order valence-electron chi connectivity index (χ4n) is 3.87. The van der Waals surface area contributed by atoms with Crippen molar-refractivity contribution in [1.29, 1.82) is 0 Å². The lowest BCUT2D eigenvalue weighted by atomic mass is 10.1. The zero-order valence-corrected chi connectivity index (χ0v) is 22.6. The number of aliphatic imine (C=N–C) groups is 1. The number of hydrogen-bond donors (Lipinski definition) is 2. The Morgan fingerprint density at radius 1 is 1.12 bits per heavy atom. The highest BCUT2D eigenvalue weighted by atomic mass is 127. The molecule has 2 fully saturated rings. The van der Waals surface area contributed by atoms with E-state index in [1.807, 2.05) is 38.1 Å². The summed E-state index contributed by atoms with van der Waals surface area (Å²) in [6.07, 6.45) is 5.18. The van der Waals surface area contributed by atoms with Gasteiger partial charge in [-0.1, -0.05) is 13.8 Å². The van der Waals surface area contributed by atoms with Crippen LogP contribution in [0.3, 0.4) is 0 Å². The van der Waals surface area contributed by atoms with Crippen molar-refractivity contribution >= 4 is 35.6 Å². The lowest BCUT2D eigenvalue weighted by Crippen LogP contribution is -2.33. The summed E-state index contributed by atoms with van der Waals surface area (Å²) in [6, 6.07) is 8.96. The molecule has 1 saturated carbocycles. The van der Waals surface area contributed by atoms with Crippen molar-refractivity contribution in [3.63, 3.8) is 0 Å². The summed E-state index contributed by atoms with van der Waals surface area (Å²) in [6.45, 7) is 14.2. The Morgan fingerprint density at radius 2 is 1.88 bits per heavy atom. The molecular weight excluding hydrogens is 515 g/mol. The predicted octanol–water partition coefficient (Wildman–Crippen LogP) is 5.00. The molecule has 1 heterocycles. The number of nitrogens with zero attached hydrogens (tertiary/aromatic N) is 2. The molecule has 0 bridgehead atoms. The van der Waals surface area contributed by atoms with Gasteiger partial charge in [-0.2, -0.15) is 0 Å². The van der Waals surface area contributed by atoms with E-state index in [4.69, 9.17) is 14.5 Å². The number of likely N-dealkylation sites (tertiary alicyclic amines) is 1. The molecule has 0 amide bonds. The van der Waals surface area contributed by atoms with Gasteiger partial charge in [0.25, 0.3) is 0 Å². The van der Waals surface area contributed by atoms with Gasteiger partial charge in [-0.15, -0.1) is 24.0 Å². The van der Waals surface area contributed by atoms with Gasteiger partial charge in [0.1, 0.15) is 5.75 Å². The number of nitrogens with one attached hydrogen (secondary N) is 2. The lowest BCUT2D eigenvalue weighted by Gasteiger charge is -2.16. The van der Waals surface area contributed by atoms with Crippen molar-refractivity contribution in [1.82, 2.24) is 10.2 Å². The number of hydrogen-bond acceptors (Lipinski definition) is 4. The molecule has 1 aliphatic heterocycles. The number of rotatable bonds is 12. The number of guanidine groups is 1. The first-order valence-electron chi connectivity index (χ1n) is 12.1. The summed E-state index contributed by atoms with van der Waals surface area (Å²) < 4.78 is 11.5. The summed E-state index contributed by atoms with van der Waals surface area (Å²) >= 11 is 0. The molecule has 0 radical (unpaired) electrons. The molecule has 2 aliphatic rings. The number of benzene rings is 1. The molecule has 1 atom stereocenters. The number of halogens is 1. The predicted molar refractivity (Wildman–Crippen MR) is 145 cm³/mol. The van der Waals surface area contributed by atoms with Gasteiger partial charge in [-0.05, 0) is 82.2 Å². The number of anilines is 1. The highest BCUT2D eigenvalue weighted by Crippen LogP contribution is 2.31. The molecule has 6 nitrogen and oxygen atoms in total. The quantitative estimate of drug-likeness (QED) is 0.164. The third kappa shape index (κ3) is 10.3. The van der Waals surface area contributed by atoms with Crippen LogP contribution in [-0.2, 0) is 4.74 Å². The minimum Gasteiger partial charge on any atom is -0.491 e. The summed E-state index contributed by atoms with van der Waals surface area (Å²) in [5.74, 6) is 2.98. The molecule has 7 heteroatoms. The monoisotopic (exact) mass is 558 g/mol. The van der Waals surface area contributed by atoms with Crippen molar-refractivity contribution in [3.8, 4) is 5.75 Å². The van der Waals surface area contributed by atoms with Crippen LogP contribution in [0.4, 0.5) is 5.69 Å². The van der Waals surface area contributed by atoms with Crippen LogP contribution in [0, 0.1) is 11.8 Å². The maximum absolute atomic E-state index is 5.75. The Hall–Kier alpha value is -1.06. The molecule has 1 saturated heterocycles. The minimum atomic E-state index is 0. The lowest BCUT2D eigenvalue weighted by molar-refractivity contribution is 0.108. The first-order valence-corrected chi connectivity index (χ1v) is 12.1. The fraction of sp³-hybridized carbons (Fsp3) is 0.720. The Bertz CT molecular complexity index is 677. The van der Waals surface area contributed by atoms with Crippen LogP contribution in [-0.4, -0.2) is 62.4 Å². The second-order valence-corrected chi connectivity index (χ2v) is 9.64. The normalized spacial score (nSPS) is 19.3. The van der Waals surface area contributed by atoms with E-state index in [0.29, 0.717) is 11.8 Å². The molecule has 1 aromatic rings. The van der Waals surface area contributed by atoms with Gasteiger partial charge in [-0.3, -0.25) is 4.99 Å². The van der Waals surface area contributed by atoms with Crippen molar-refractivity contribution in [3.05, 3.63) is 24.3 Å². The number of ether oxygens (including phenoxy) is 2. The van der Waals surface area contributed by atoms with Crippen molar-refractivity contribution in [2.45, 2.75) is 65.5 Å². The average molecular weight is 559 g/mol. The maximum atomic E-state index is 5.75. The second kappa shape index (κ2) is 14.3. The van der Waals surface area contributed by atoms with E-state index in [9.17, 15) is 0 Å². The van der Waals surface area contributed by atoms with E-state index in [1.165, 1.54) is 32.4 Å². The SMILES string of the molecule is CC(C)COCCCNC(=NCC1CCN(C2CC2)C1)Nc1ccc(OC(C)C)cc1.I. The second-order valence-electron chi connectivity index (χ2n) is 9.64. The fourth-order valence-corrected chi connectivity index (χ4v) is 3.87. The zero-order chi connectivity index (χ0) is 22.1. The Balaban J connectivity index is 0.00000363. The van der Waals surface area contributed by atoms with Crippen molar-refractivity contribution in [2.75, 3.05) is 44.7 Å². The van der Waals surface area contributed by atoms with Gasteiger partial charge in [0, 0.05) is 44.6 Å². The molecule has 1 aromatic carbocycles. The molecule has 3 rings (SSSR count). The van der Waals surface area contributed by atoms with Crippen LogP contribution in [0.5, 0.6) is 5.75 Å². The van der Waals surface area contributed by atoms with Crippen LogP contribution >= 0.6 is 24.0 Å². The van der Waals surface area contributed by atoms with E-state index < -0.39 is 0 Å². The molecule has 32 heavy (non-hydrogen) atoms. The highest BCUT2D eigenvalue weighted by molar-refractivity contribution is 14.0. The van der Waals surface area contributed by atoms with E-state index in [-0.39, 0.29) is 30.1 Å². The van der Waals surface area contributed by atoms with Gasteiger partial charge < -0.3 is 25.0 Å². The van der Waals surface area contributed by atoms with E-state index in [0.717, 1.165) is 56.2 Å². The van der Waals surface area contributed by atoms with Crippen LogP contribution in [0.15, 0.2) is 29.3 Å². The Labute approximate surface area is 211 Å². The standard InChI is InChI=1S/C25H42N4O2.HI/c1-19(2)18-30-15-5-13-26-25(27-16-21-12-14-29(17-21)23-8-9-23)28-22-6-10-24(11-7-22)31-20(3)4;/h6-7,10-11,19-21,23H,5,8-9,12-18H2,1-4H3,(H2,26,27,28);1H. The van der Waals surface area contributed by atoms with Crippen LogP contribution < -0.4 is 15.4 Å². The molecule has 182 valence electrons. The van der Waals surface area contributed by atoms with Crippen molar-refractivity contribution < 1.29 is 9.47 Å². The molecule has 0 aromatic heterocycles. The van der Waals surface area contributed by atoms with Gasteiger partial charge in [-0.25, -0.2) is 0 Å². The third-order valence-electron chi connectivity index (χ3n) is 5.59. The first kappa shape index (κ1) is 27.2. The smallest absolute Gasteiger partial charge is 0.195 e. The van der Waals surface area contributed by atoms with Gasteiger partial charge >= 0.3 is 0 Å². The summed E-state index contributed by atoms with van der Waals surface area (Å²) in [7, 11) is 0. The Morgan fingerprint density at radius 3 is 2.53 bits per heavy atom. The topological polar surface area (TPSA) is 58.1 Å². The summed E-state index contributed by atoms with van der Waals surface area (Å²) in [5.41, 5.74) is 1.02. The highest BCUT2D eigenvalue weighted by Gasteiger charge is 2.34. The molecule has 1 aliphatic carbocycles. The largest absolute Gasteiger partial charge is 0.491 e. The van der Waals surface area contributed by atoms with Gasteiger partial charge in [0.2, 0.25) is 0 Å². The Kier molecular flexibility index (Phi) is 12.1. The van der Waals surface area contributed by atoms with E-state index in [2.05, 4.69) is 29.4 Å².